The van der Waals surface area contributed by atoms with Crippen molar-refractivity contribution in [2.24, 2.45) is 11.7 Å². The van der Waals surface area contributed by atoms with Crippen molar-refractivity contribution in [3.63, 3.8) is 0 Å². The molecule has 0 radical (unpaired) electrons. The number of hydrogen-bond donors (Lipinski definition) is 1. The number of benzene rings is 1. The van der Waals surface area contributed by atoms with Crippen LogP contribution in [-0.2, 0) is 4.79 Å². The van der Waals surface area contributed by atoms with Gasteiger partial charge in [0.2, 0.25) is 5.91 Å². The molecule has 2 rings (SSSR count). The van der Waals surface area contributed by atoms with Crippen LogP contribution in [0.5, 0.6) is 5.75 Å². The Morgan fingerprint density at radius 3 is 2.70 bits per heavy atom. The molecule has 1 aromatic carbocycles. The van der Waals surface area contributed by atoms with E-state index in [0.29, 0.717) is 6.54 Å². The van der Waals surface area contributed by atoms with E-state index in [4.69, 9.17) is 10.5 Å². The number of amides is 1. The van der Waals surface area contributed by atoms with E-state index in [1.54, 1.807) is 12.1 Å². The summed E-state index contributed by atoms with van der Waals surface area (Å²) >= 11 is 0. The van der Waals surface area contributed by atoms with Gasteiger partial charge < -0.3 is 15.4 Å². The van der Waals surface area contributed by atoms with Crippen molar-refractivity contribution in [1.82, 2.24) is 0 Å². The van der Waals surface area contributed by atoms with Crippen molar-refractivity contribution < 1.29 is 14.5 Å². The summed E-state index contributed by atoms with van der Waals surface area (Å²) < 4.78 is 5.74. The van der Waals surface area contributed by atoms with Gasteiger partial charge in [0.15, 0.2) is 5.75 Å². The maximum atomic E-state index is 11.4. The molecule has 0 aliphatic carbocycles. The summed E-state index contributed by atoms with van der Waals surface area (Å²) in [6.07, 6.45) is 1.64. The number of anilines is 1. The van der Waals surface area contributed by atoms with E-state index in [-0.39, 0.29) is 23.3 Å². The summed E-state index contributed by atoms with van der Waals surface area (Å²) in [7, 11) is 0. The van der Waals surface area contributed by atoms with Crippen molar-refractivity contribution >= 4 is 17.3 Å². The van der Waals surface area contributed by atoms with Crippen molar-refractivity contribution in [1.29, 1.82) is 0 Å². The van der Waals surface area contributed by atoms with Crippen LogP contribution in [0.3, 0.4) is 0 Å². The topological polar surface area (TPSA) is 98.7 Å². The summed E-state index contributed by atoms with van der Waals surface area (Å²) in [6, 6.07) is 4.81. The summed E-state index contributed by atoms with van der Waals surface area (Å²) in [4.78, 5) is 24.2. The molecule has 1 heterocycles. The number of nitro groups is 1. The fourth-order valence-electron chi connectivity index (χ4n) is 2.71. The number of nitrogens with zero attached hydrogens (tertiary/aromatic N) is 2. The summed E-state index contributed by atoms with van der Waals surface area (Å²) in [5.74, 6) is -0.255. The largest absolute Gasteiger partial charge is 0.481 e. The van der Waals surface area contributed by atoms with Gasteiger partial charge in [-0.15, -0.1) is 0 Å². The second-order valence-corrected chi connectivity index (χ2v) is 6.81. The Labute approximate surface area is 135 Å². The first-order chi connectivity index (χ1) is 10.7. The van der Waals surface area contributed by atoms with E-state index in [2.05, 4.69) is 0 Å². The van der Waals surface area contributed by atoms with Crippen molar-refractivity contribution in [2.45, 2.75) is 39.2 Å². The molecule has 7 heteroatoms. The zero-order chi connectivity index (χ0) is 17.2. The smallest absolute Gasteiger partial charge is 0.311 e. The van der Waals surface area contributed by atoms with Crippen LogP contribution in [0, 0.1) is 16.0 Å². The molecule has 1 atom stereocenters. The Morgan fingerprint density at radius 1 is 1.43 bits per heavy atom. The zero-order valence-electron chi connectivity index (χ0n) is 13.7. The minimum Gasteiger partial charge on any atom is -0.481 e. The first-order valence-electron chi connectivity index (χ1n) is 7.69. The van der Waals surface area contributed by atoms with E-state index in [1.165, 1.54) is 6.07 Å². The molecule has 1 aliphatic rings. The lowest BCUT2D eigenvalue weighted by molar-refractivity contribution is -0.386. The predicted octanol–water partition coefficient (Wildman–Crippen LogP) is 2.47. The van der Waals surface area contributed by atoms with E-state index >= 15 is 0 Å². The van der Waals surface area contributed by atoms with Gasteiger partial charge in [-0.2, -0.15) is 0 Å². The van der Waals surface area contributed by atoms with Crippen LogP contribution in [-0.4, -0.2) is 29.5 Å². The normalized spacial score (nSPS) is 18.6. The van der Waals surface area contributed by atoms with E-state index in [9.17, 15) is 14.9 Å². The Bertz CT molecular complexity index is 610. The monoisotopic (exact) mass is 321 g/mol. The standard InChI is InChI=1S/C16H23N3O4/c1-16(2,3)23-14-9-12(6-7-13(14)19(21)22)18-8-4-5-11(10-18)15(17)20/h6-7,9,11H,4-5,8,10H2,1-3H3,(H2,17,20). The van der Waals surface area contributed by atoms with Gasteiger partial charge in [-0.25, -0.2) is 0 Å². The second-order valence-electron chi connectivity index (χ2n) is 6.81. The lowest BCUT2D eigenvalue weighted by Gasteiger charge is -2.33. The molecular formula is C16H23N3O4. The van der Waals surface area contributed by atoms with Gasteiger partial charge in [-0.1, -0.05) is 0 Å². The number of primary amides is 1. The van der Waals surface area contributed by atoms with Gasteiger partial charge >= 0.3 is 5.69 Å². The number of nitro benzene ring substituents is 1. The number of carbonyl (C=O) groups excluding carboxylic acids is 1. The maximum absolute atomic E-state index is 11.4. The van der Waals surface area contributed by atoms with Gasteiger partial charge in [0.25, 0.3) is 0 Å². The molecule has 7 nitrogen and oxygen atoms in total. The zero-order valence-corrected chi connectivity index (χ0v) is 13.7. The van der Waals surface area contributed by atoms with Crippen molar-refractivity contribution in [2.75, 3.05) is 18.0 Å². The molecule has 23 heavy (non-hydrogen) atoms. The van der Waals surface area contributed by atoms with E-state index in [1.807, 2.05) is 25.7 Å². The molecule has 1 fully saturated rings. The maximum Gasteiger partial charge on any atom is 0.311 e. The fraction of sp³-hybridized carbons (Fsp3) is 0.562. The Hall–Kier alpha value is -2.31. The van der Waals surface area contributed by atoms with Crippen LogP contribution in [0.2, 0.25) is 0 Å². The summed E-state index contributed by atoms with van der Waals surface area (Å²) in [5.41, 5.74) is 5.61. The Morgan fingerprint density at radius 2 is 2.13 bits per heavy atom. The van der Waals surface area contributed by atoms with Gasteiger partial charge in [0, 0.05) is 30.9 Å². The second kappa shape index (κ2) is 6.44. The fourth-order valence-corrected chi connectivity index (χ4v) is 2.71. The van der Waals surface area contributed by atoms with Crippen LogP contribution in [0.1, 0.15) is 33.6 Å². The molecule has 1 saturated heterocycles. The minimum atomic E-state index is -0.541. The average molecular weight is 321 g/mol. The Balaban J connectivity index is 2.31. The van der Waals surface area contributed by atoms with Gasteiger partial charge in [-0.05, 0) is 39.7 Å². The molecule has 0 saturated carbocycles. The van der Waals surface area contributed by atoms with Crippen LogP contribution in [0.25, 0.3) is 0 Å². The third kappa shape index (κ3) is 4.34. The van der Waals surface area contributed by atoms with Gasteiger partial charge in [0.1, 0.15) is 5.60 Å². The average Bonchev–Trinajstić information content (AvgIpc) is 2.45. The van der Waals surface area contributed by atoms with Gasteiger partial charge in [-0.3, -0.25) is 14.9 Å². The lowest BCUT2D eigenvalue weighted by atomic mass is 9.97. The van der Waals surface area contributed by atoms with E-state index < -0.39 is 10.5 Å². The molecule has 0 spiro atoms. The lowest BCUT2D eigenvalue weighted by Crippen LogP contribution is -2.41. The first kappa shape index (κ1) is 17.1. The third-order valence-corrected chi connectivity index (χ3v) is 3.75. The van der Waals surface area contributed by atoms with Crippen LogP contribution in [0.15, 0.2) is 18.2 Å². The first-order valence-corrected chi connectivity index (χ1v) is 7.69. The highest BCUT2D eigenvalue weighted by Gasteiger charge is 2.27. The van der Waals surface area contributed by atoms with E-state index in [0.717, 1.165) is 25.1 Å². The summed E-state index contributed by atoms with van der Waals surface area (Å²) in [6.45, 7) is 6.84. The molecule has 2 N–H and O–H groups in total. The number of piperidine rings is 1. The molecule has 1 aromatic rings. The molecule has 0 bridgehead atoms. The number of carbonyl (C=O) groups is 1. The van der Waals surface area contributed by atoms with Crippen molar-refractivity contribution in [3.8, 4) is 5.75 Å². The number of nitrogens with two attached hydrogens (primary N) is 1. The van der Waals surface area contributed by atoms with Gasteiger partial charge in [0.05, 0.1) is 10.8 Å². The van der Waals surface area contributed by atoms with Crippen LogP contribution >= 0.6 is 0 Å². The molecule has 126 valence electrons. The molecule has 1 unspecified atom stereocenters. The number of rotatable bonds is 4. The summed E-state index contributed by atoms with van der Waals surface area (Å²) in [5, 5.41) is 11.2. The third-order valence-electron chi connectivity index (χ3n) is 3.75. The highest BCUT2D eigenvalue weighted by molar-refractivity contribution is 5.77. The number of hydrogen-bond acceptors (Lipinski definition) is 5. The molecule has 1 aliphatic heterocycles. The molecular weight excluding hydrogens is 298 g/mol. The highest BCUT2D eigenvalue weighted by atomic mass is 16.6. The predicted molar refractivity (Wildman–Crippen MR) is 87.6 cm³/mol. The molecule has 1 amide bonds. The van der Waals surface area contributed by atoms with Crippen molar-refractivity contribution in [3.05, 3.63) is 28.3 Å². The van der Waals surface area contributed by atoms with Crippen LogP contribution in [0.4, 0.5) is 11.4 Å². The molecule has 0 aromatic heterocycles. The number of ether oxygens (including phenoxy) is 1. The van der Waals surface area contributed by atoms with Crippen LogP contribution < -0.4 is 15.4 Å². The Kier molecular flexibility index (Phi) is 4.77. The highest BCUT2D eigenvalue weighted by Crippen LogP contribution is 2.35. The SMILES string of the molecule is CC(C)(C)Oc1cc(N2CCCC(C(N)=O)C2)ccc1[N+](=O)[O-]. The minimum absolute atomic E-state index is 0.0628. The quantitative estimate of drug-likeness (QED) is 0.678.